The van der Waals surface area contributed by atoms with E-state index >= 15 is 0 Å². The van der Waals surface area contributed by atoms with Crippen LogP contribution in [0.1, 0.15) is 38.0 Å². The topological polar surface area (TPSA) is 38.7 Å². The minimum atomic E-state index is -0.518. The van der Waals surface area contributed by atoms with Gasteiger partial charge in [-0.3, -0.25) is 0 Å². The number of rotatable bonds is 8. The third kappa shape index (κ3) is 5.45. The van der Waals surface area contributed by atoms with Crippen molar-refractivity contribution in [2.24, 2.45) is 5.92 Å². The van der Waals surface area contributed by atoms with Gasteiger partial charge in [-0.2, -0.15) is 0 Å². The average molecular weight is 278 g/mol. The molecule has 0 aromatic heterocycles. The van der Waals surface area contributed by atoms with Gasteiger partial charge in [-0.15, -0.1) is 0 Å². The Morgan fingerprint density at radius 3 is 2.10 bits per heavy atom. The molecular formula is C17H26O3. The van der Waals surface area contributed by atoms with Gasteiger partial charge in [0, 0.05) is 19.1 Å². The van der Waals surface area contributed by atoms with E-state index in [1.165, 1.54) is 5.56 Å². The standard InChI is InChI=1S/C17H26O3/c1-5-19-16(20-6-2)12-9-14(4)17(18)15-10-7-13(3)8-11-15/h7-12,14,16-18H,5-6H2,1-4H3/b12-9+. The van der Waals surface area contributed by atoms with Crippen LogP contribution in [-0.4, -0.2) is 24.6 Å². The van der Waals surface area contributed by atoms with Gasteiger partial charge in [0.15, 0.2) is 6.29 Å². The molecule has 0 saturated carbocycles. The van der Waals surface area contributed by atoms with Crippen LogP contribution >= 0.6 is 0 Å². The number of hydrogen-bond acceptors (Lipinski definition) is 3. The van der Waals surface area contributed by atoms with Crippen molar-refractivity contribution in [1.82, 2.24) is 0 Å². The zero-order valence-electron chi connectivity index (χ0n) is 12.9. The van der Waals surface area contributed by atoms with Crippen molar-refractivity contribution >= 4 is 0 Å². The zero-order chi connectivity index (χ0) is 15.0. The molecule has 112 valence electrons. The summed E-state index contributed by atoms with van der Waals surface area (Å²) < 4.78 is 10.9. The highest BCUT2D eigenvalue weighted by molar-refractivity contribution is 5.24. The van der Waals surface area contributed by atoms with Crippen molar-refractivity contribution < 1.29 is 14.6 Å². The largest absolute Gasteiger partial charge is 0.388 e. The quantitative estimate of drug-likeness (QED) is 0.583. The predicted octanol–water partition coefficient (Wildman–Crippen LogP) is 3.62. The fraction of sp³-hybridized carbons (Fsp3) is 0.529. The van der Waals surface area contributed by atoms with Crippen LogP contribution in [-0.2, 0) is 9.47 Å². The molecule has 0 heterocycles. The molecule has 1 aromatic rings. The van der Waals surface area contributed by atoms with E-state index in [0.717, 1.165) is 5.56 Å². The molecule has 0 saturated heterocycles. The highest BCUT2D eigenvalue weighted by Crippen LogP contribution is 2.23. The fourth-order valence-electron chi connectivity index (χ4n) is 1.93. The Labute approximate surface area is 122 Å². The summed E-state index contributed by atoms with van der Waals surface area (Å²) in [6, 6.07) is 7.95. The molecule has 0 aliphatic heterocycles. The lowest BCUT2D eigenvalue weighted by Crippen LogP contribution is -2.15. The summed E-state index contributed by atoms with van der Waals surface area (Å²) in [5.74, 6) is 0.00104. The van der Waals surface area contributed by atoms with E-state index in [4.69, 9.17) is 9.47 Å². The van der Waals surface area contributed by atoms with E-state index in [1.807, 2.05) is 64.1 Å². The van der Waals surface area contributed by atoms with Gasteiger partial charge in [0.05, 0.1) is 6.10 Å². The Kier molecular flexibility index (Phi) is 7.52. The lowest BCUT2D eigenvalue weighted by atomic mass is 9.96. The molecule has 0 amide bonds. The van der Waals surface area contributed by atoms with Crippen LogP contribution < -0.4 is 0 Å². The first-order valence-electron chi connectivity index (χ1n) is 7.24. The van der Waals surface area contributed by atoms with Gasteiger partial charge < -0.3 is 14.6 Å². The van der Waals surface area contributed by atoms with Crippen LogP contribution in [0.25, 0.3) is 0 Å². The molecule has 2 unspecified atom stereocenters. The summed E-state index contributed by atoms with van der Waals surface area (Å²) in [4.78, 5) is 0. The number of aryl methyl sites for hydroxylation is 1. The molecule has 3 nitrogen and oxygen atoms in total. The molecule has 2 atom stereocenters. The van der Waals surface area contributed by atoms with Gasteiger partial charge >= 0.3 is 0 Å². The van der Waals surface area contributed by atoms with Crippen LogP contribution in [0, 0.1) is 12.8 Å². The van der Waals surface area contributed by atoms with Crippen LogP contribution in [0.3, 0.4) is 0 Å². The number of hydrogen-bond donors (Lipinski definition) is 1. The third-order valence-electron chi connectivity index (χ3n) is 3.15. The first-order chi connectivity index (χ1) is 9.58. The summed E-state index contributed by atoms with van der Waals surface area (Å²) in [7, 11) is 0. The Morgan fingerprint density at radius 2 is 1.60 bits per heavy atom. The number of benzene rings is 1. The van der Waals surface area contributed by atoms with Gasteiger partial charge in [0.2, 0.25) is 0 Å². The summed E-state index contributed by atoms with van der Waals surface area (Å²) in [6.07, 6.45) is 2.96. The molecule has 0 aliphatic carbocycles. The molecule has 0 spiro atoms. The molecular weight excluding hydrogens is 252 g/mol. The Bertz CT molecular complexity index is 391. The Hall–Kier alpha value is -1.16. The van der Waals surface area contributed by atoms with Gasteiger partial charge in [-0.1, -0.05) is 42.8 Å². The zero-order valence-corrected chi connectivity index (χ0v) is 12.9. The molecule has 0 aliphatic rings. The third-order valence-corrected chi connectivity index (χ3v) is 3.15. The van der Waals surface area contributed by atoms with Crippen molar-refractivity contribution in [3.05, 3.63) is 47.5 Å². The van der Waals surface area contributed by atoms with Gasteiger partial charge in [-0.25, -0.2) is 0 Å². The highest BCUT2D eigenvalue weighted by Gasteiger charge is 2.14. The fourth-order valence-corrected chi connectivity index (χ4v) is 1.93. The SMILES string of the molecule is CCOC(/C=C/C(C)C(O)c1ccc(C)cc1)OCC. The van der Waals surface area contributed by atoms with Gasteiger partial charge in [0.25, 0.3) is 0 Å². The molecule has 3 heteroatoms. The summed E-state index contributed by atoms with van der Waals surface area (Å²) in [5.41, 5.74) is 2.12. The minimum absolute atomic E-state index is 0.00104. The van der Waals surface area contributed by atoms with Crippen LogP contribution in [0.2, 0.25) is 0 Å². The normalized spacial score (nSPS) is 14.9. The van der Waals surface area contributed by atoms with E-state index in [2.05, 4.69) is 0 Å². The second kappa shape index (κ2) is 8.90. The van der Waals surface area contributed by atoms with Crippen LogP contribution in [0.5, 0.6) is 0 Å². The van der Waals surface area contributed by atoms with Gasteiger partial charge in [0.1, 0.15) is 0 Å². The smallest absolute Gasteiger partial charge is 0.176 e. The van der Waals surface area contributed by atoms with Crippen LogP contribution in [0.15, 0.2) is 36.4 Å². The van der Waals surface area contributed by atoms with E-state index in [0.29, 0.717) is 13.2 Å². The molecule has 1 aromatic carbocycles. The lowest BCUT2D eigenvalue weighted by Gasteiger charge is -2.18. The van der Waals surface area contributed by atoms with Crippen molar-refractivity contribution in [2.45, 2.75) is 40.1 Å². The first-order valence-corrected chi connectivity index (χ1v) is 7.24. The summed E-state index contributed by atoms with van der Waals surface area (Å²) >= 11 is 0. The monoisotopic (exact) mass is 278 g/mol. The van der Waals surface area contributed by atoms with E-state index in [1.54, 1.807) is 0 Å². The Balaban J connectivity index is 2.63. The maximum Gasteiger partial charge on any atom is 0.176 e. The van der Waals surface area contributed by atoms with Crippen molar-refractivity contribution in [1.29, 1.82) is 0 Å². The molecule has 0 radical (unpaired) electrons. The Morgan fingerprint density at radius 1 is 1.05 bits per heavy atom. The summed E-state index contributed by atoms with van der Waals surface area (Å²) in [6.45, 7) is 9.09. The second-order valence-corrected chi connectivity index (χ2v) is 4.88. The van der Waals surface area contributed by atoms with Crippen molar-refractivity contribution in [2.75, 3.05) is 13.2 Å². The highest BCUT2D eigenvalue weighted by atomic mass is 16.7. The maximum absolute atomic E-state index is 10.3. The maximum atomic E-state index is 10.3. The van der Waals surface area contributed by atoms with Crippen LogP contribution in [0.4, 0.5) is 0 Å². The molecule has 20 heavy (non-hydrogen) atoms. The number of aliphatic hydroxyl groups is 1. The second-order valence-electron chi connectivity index (χ2n) is 4.88. The predicted molar refractivity (Wildman–Crippen MR) is 81.5 cm³/mol. The number of ether oxygens (including phenoxy) is 2. The summed E-state index contributed by atoms with van der Waals surface area (Å²) in [5, 5.41) is 10.3. The molecule has 0 bridgehead atoms. The van der Waals surface area contributed by atoms with Crippen molar-refractivity contribution in [3.63, 3.8) is 0 Å². The molecule has 1 rings (SSSR count). The van der Waals surface area contributed by atoms with Gasteiger partial charge in [-0.05, 0) is 32.4 Å². The molecule has 0 fully saturated rings. The van der Waals surface area contributed by atoms with E-state index in [9.17, 15) is 5.11 Å². The number of aliphatic hydroxyl groups excluding tert-OH is 1. The first kappa shape index (κ1) is 16.9. The van der Waals surface area contributed by atoms with Crippen molar-refractivity contribution in [3.8, 4) is 0 Å². The minimum Gasteiger partial charge on any atom is -0.388 e. The average Bonchev–Trinajstić information content (AvgIpc) is 2.45. The lowest BCUT2D eigenvalue weighted by molar-refractivity contribution is -0.104. The van der Waals surface area contributed by atoms with E-state index < -0.39 is 6.10 Å². The van der Waals surface area contributed by atoms with E-state index in [-0.39, 0.29) is 12.2 Å². The molecule has 1 N–H and O–H groups in total.